The van der Waals surface area contributed by atoms with E-state index in [1.807, 2.05) is 0 Å². The van der Waals surface area contributed by atoms with Crippen molar-refractivity contribution >= 4 is 0 Å². The van der Waals surface area contributed by atoms with Crippen LogP contribution in [0.1, 0.15) is 11.1 Å². The Labute approximate surface area is 70.6 Å². The van der Waals surface area contributed by atoms with Crippen molar-refractivity contribution in [3.8, 4) is 11.3 Å². The average Bonchev–Trinajstić information content (AvgIpc) is 2.62. The number of hydrogen-bond donors (Lipinski definition) is 0. The Kier molecular flexibility index (Phi) is 1.01. The maximum Gasteiger partial charge on any atom is 0.137 e. The van der Waals surface area contributed by atoms with Gasteiger partial charge >= 0.3 is 0 Å². The number of benzene rings is 1. The summed E-state index contributed by atoms with van der Waals surface area (Å²) in [7, 11) is 0. The minimum absolute atomic E-state index is 1.03. The van der Waals surface area contributed by atoms with E-state index in [0.717, 1.165) is 12.2 Å². The normalized spacial score (nSPS) is 12.7. The topological polar surface area (TPSA) is 13.1 Å². The molecular weight excluding hydrogens is 148 g/mol. The number of rotatable bonds is 0. The van der Waals surface area contributed by atoms with Gasteiger partial charge in [0.05, 0.1) is 6.26 Å². The summed E-state index contributed by atoms with van der Waals surface area (Å²) >= 11 is 0. The Hall–Kier alpha value is -1.50. The van der Waals surface area contributed by atoms with Crippen molar-refractivity contribution in [2.45, 2.75) is 6.42 Å². The summed E-state index contributed by atoms with van der Waals surface area (Å²) < 4.78 is 5.40. The first-order valence-electron chi connectivity index (χ1n) is 4.10. The van der Waals surface area contributed by atoms with Crippen molar-refractivity contribution < 1.29 is 4.42 Å². The lowest BCUT2D eigenvalue weighted by Crippen LogP contribution is -1.77. The lowest BCUT2D eigenvalue weighted by Gasteiger charge is -1.95. The Morgan fingerprint density at radius 3 is 2.92 bits per heavy atom. The summed E-state index contributed by atoms with van der Waals surface area (Å²) in [5.74, 6) is 1.06. The molecule has 0 amide bonds. The van der Waals surface area contributed by atoms with Gasteiger partial charge < -0.3 is 4.42 Å². The van der Waals surface area contributed by atoms with E-state index in [1.165, 1.54) is 16.7 Å². The van der Waals surface area contributed by atoms with Crippen LogP contribution < -0.4 is 0 Å². The molecule has 58 valence electrons. The molecule has 1 aliphatic carbocycles. The third kappa shape index (κ3) is 0.632. The molecule has 1 heteroatoms. The van der Waals surface area contributed by atoms with Crippen LogP contribution in [0.15, 0.2) is 41.0 Å². The van der Waals surface area contributed by atoms with Gasteiger partial charge in [-0.15, -0.1) is 0 Å². The van der Waals surface area contributed by atoms with E-state index in [4.69, 9.17) is 4.42 Å². The largest absolute Gasteiger partial charge is 0.464 e. The SMILES string of the molecule is c1ccc2c(c1)Cc1ccoc1-2. The van der Waals surface area contributed by atoms with Crippen LogP contribution in [0.4, 0.5) is 0 Å². The van der Waals surface area contributed by atoms with Crippen LogP contribution in [0.2, 0.25) is 0 Å². The second-order valence-electron chi connectivity index (χ2n) is 3.11. The van der Waals surface area contributed by atoms with E-state index in [9.17, 15) is 0 Å². The van der Waals surface area contributed by atoms with E-state index >= 15 is 0 Å². The van der Waals surface area contributed by atoms with Crippen LogP contribution in [0.5, 0.6) is 0 Å². The van der Waals surface area contributed by atoms with Crippen LogP contribution >= 0.6 is 0 Å². The molecule has 0 N–H and O–H groups in total. The van der Waals surface area contributed by atoms with E-state index in [1.54, 1.807) is 6.26 Å². The third-order valence-electron chi connectivity index (χ3n) is 2.39. The zero-order chi connectivity index (χ0) is 7.97. The van der Waals surface area contributed by atoms with Gasteiger partial charge in [0.25, 0.3) is 0 Å². The van der Waals surface area contributed by atoms with Gasteiger partial charge in [0.1, 0.15) is 5.76 Å². The van der Waals surface area contributed by atoms with Crippen LogP contribution in [-0.4, -0.2) is 0 Å². The van der Waals surface area contributed by atoms with E-state index in [0.29, 0.717) is 0 Å². The van der Waals surface area contributed by atoms with Crippen LogP contribution in [0, 0.1) is 0 Å². The van der Waals surface area contributed by atoms with Crippen molar-refractivity contribution in [2.75, 3.05) is 0 Å². The van der Waals surface area contributed by atoms with Crippen molar-refractivity contribution in [3.63, 3.8) is 0 Å². The first-order chi connectivity index (χ1) is 5.95. The molecule has 0 bridgehead atoms. The summed E-state index contributed by atoms with van der Waals surface area (Å²) in [6, 6.07) is 10.5. The molecule has 0 atom stereocenters. The Morgan fingerprint density at radius 1 is 1.00 bits per heavy atom. The number of fused-ring (bicyclic) bond motifs is 3. The van der Waals surface area contributed by atoms with Gasteiger partial charge in [-0.1, -0.05) is 24.3 Å². The molecule has 3 rings (SSSR count). The highest BCUT2D eigenvalue weighted by Crippen LogP contribution is 2.36. The molecule has 0 spiro atoms. The molecule has 0 radical (unpaired) electrons. The van der Waals surface area contributed by atoms with Crippen molar-refractivity contribution in [1.29, 1.82) is 0 Å². The first kappa shape index (κ1) is 6.06. The third-order valence-corrected chi connectivity index (χ3v) is 2.39. The van der Waals surface area contributed by atoms with Gasteiger partial charge in [0.2, 0.25) is 0 Å². The standard InChI is InChI=1S/C11H8O/c1-2-4-10-8(3-1)7-9-5-6-12-11(9)10/h1-6H,7H2. The minimum Gasteiger partial charge on any atom is -0.464 e. The highest BCUT2D eigenvalue weighted by atomic mass is 16.3. The van der Waals surface area contributed by atoms with Crippen molar-refractivity contribution in [2.24, 2.45) is 0 Å². The maximum absolute atomic E-state index is 5.40. The summed E-state index contributed by atoms with van der Waals surface area (Å²) in [6.45, 7) is 0. The summed E-state index contributed by atoms with van der Waals surface area (Å²) in [5.41, 5.74) is 3.96. The number of furan rings is 1. The zero-order valence-electron chi connectivity index (χ0n) is 6.58. The summed E-state index contributed by atoms with van der Waals surface area (Å²) in [4.78, 5) is 0. The van der Waals surface area contributed by atoms with E-state index in [-0.39, 0.29) is 0 Å². The lowest BCUT2D eigenvalue weighted by atomic mass is 10.1. The lowest BCUT2D eigenvalue weighted by molar-refractivity contribution is 0.582. The Bertz CT molecular complexity index is 426. The monoisotopic (exact) mass is 156 g/mol. The molecule has 0 saturated heterocycles. The molecule has 2 aromatic rings. The van der Waals surface area contributed by atoms with E-state index in [2.05, 4.69) is 30.3 Å². The van der Waals surface area contributed by atoms with Crippen LogP contribution in [0.3, 0.4) is 0 Å². The minimum atomic E-state index is 1.03. The molecule has 0 unspecified atom stereocenters. The van der Waals surface area contributed by atoms with Gasteiger partial charge in [-0.3, -0.25) is 0 Å². The van der Waals surface area contributed by atoms with Gasteiger partial charge in [-0.25, -0.2) is 0 Å². The molecule has 1 aliphatic rings. The second-order valence-corrected chi connectivity index (χ2v) is 3.11. The van der Waals surface area contributed by atoms with Crippen molar-refractivity contribution in [3.05, 3.63) is 47.7 Å². The summed E-state index contributed by atoms with van der Waals surface area (Å²) in [5, 5.41) is 0. The first-order valence-corrected chi connectivity index (χ1v) is 4.10. The van der Waals surface area contributed by atoms with Crippen LogP contribution in [0.25, 0.3) is 11.3 Å². The molecule has 0 fully saturated rings. The Morgan fingerprint density at radius 2 is 1.92 bits per heavy atom. The van der Waals surface area contributed by atoms with Gasteiger partial charge in [0.15, 0.2) is 0 Å². The van der Waals surface area contributed by atoms with Gasteiger partial charge in [-0.2, -0.15) is 0 Å². The second kappa shape index (κ2) is 2.01. The number of hydrogen-bond acceptors (Lipinski definition) is 1. The summed E-state index contributed by atoms with van der Waals surface area (Å²) in [6.07, 6.45) is 2.79. The van der Waals surface area contributed by atoms with Gasteiger partial charge in [-0.05, 0) is 11.6 Å². The van der Waals surface area contributed by atoms with E-state index < -0.39 is 0 Å². The fourth-order valence-corrected chi connectivity index (χ4v) is 1.81. The average molecular weight is 156 g/mol. The molecular formula is C11H8O. The van der Waals surface area contributed by atoms with Crippen molar-refractivity contribution in [1.82, 2.24) is 0 Å². The quantitative estimate of drug-likeness (QED) is 0.487. The fraction of sp³-hybridized carbons (Fsp3) is 0.0909. The molecule has 1 nitrogen and oxygen atoms in total. The molecule has 1 aromatic heterocycles. The predicted molar refractivity (Wildman–Crippen MR) is 47.0 cm³/mol. The Balaban J connectivity index is 2.34. The highest BCUT2D eigenvalue weighted by molar-refractivity contribution is 5.71. The molecule has 1 heterocycles. The molecule has 0 aliphatic heterocycles. The highest BCUT2D eigenvalue weighted by Gasteiger charge is 2.19. The van der Waals surface area contributed by atoms with Gasteiger partial charge in [0, 0.05) is 17.5 Å². The molecule has 0 saturated carbocycles. The molecule has 1 aromatic carbocycles. The zero-order valence-corrected chi connectivity index (χ0v) is 6.58. The van der Waals surface area contributed by atoms with Crippen LogP contribution in [-0.2, 0) is 6.42 Å². The maximum atomic E-state index is 5.40. The smallest absolute Gasteiger partial charge is 0.137 e. The molecule has 12 heavy (non-hydrogen) atoms. The predicted octanol–water partition coefficient (Wildman–Crippen LogP) is 2.85. The fourth-order valence-electron chi connectivity index (χ4n) is 1.81.